The van der Waals surface area contributed by atoms with Gasteiger partial charge in [0, 0.05) is 22.5 Å². The minimum atomic E-state index is -0.407. The van der Waals surface area contributed by atoms with Crippen LogP contribution in [0.2, 0.25) is 10.0 Å². The third kappa shape index (κ3) is 5.21. The fourth-order valence-corrected chi connectivity index (χ4v) is 6.29. The molecule has 0 aliphatic heterocycles. The van der Waals surface area contributed by atoms with Crippen LogP contribution in [0, 0.1) is 0 Å². The van der Waals surface area contributed by atoms with Crippen molar-refractivity contribution in [2.75, 3.05) is 18.2 Å². The molecular weight excluding hydrogens is 503 g/mol. The maximum atomic E-state index is 12.7. The van der Waals surface area contributed by atoms with E-state index in [4.69, 9.17) is 27.9 Å². The Morgan fingerprint density at radius 3 is 2.76 bits per heavy atom. The van der Waals surface area contributed by atoms with Gasteiger partial charge in [-0.1, -0.05) is 41.4 Å². The molecule has 1 aliphatic carbocycles. The second kappa shape index (κ2) is 10.5. The Morgan fingerprint density at radius 1 is 1.21 bits per heavy atom. The third-order valence-corrected chi connectivity index (χ3v) is 8.18. The topological polar surface area (TPSA) is 86.1 Å². The van der Waals surface area contributed by atoms with Crippen LogP contribution in [0.1, 0.15) is 40.1 Å². The van der Waals surface area contributed by atoms with Crippen LogP contribution in [0.15, 0.2) is 23.4 Å². The molecule has 1 amide bonds. The Kier molecular flexibility index (Phi) is 7.63. The van der Waals surface area contributed by atoms with Crippen molar-refractivity contribution in [3.05, 3.63) is 44.2 Å². The Balaban J connectivity index is 1.47. The molecule has 0 bridgehead atoms. The summed E-state index contributed by atoms with van der Waals surface area (Å²) in [6, 6.07) is 5.17. The van der Waals surface area contributed by atoms with E-state index in [1.807, 2.05) is 7.05 Å². The van der Waals surface area contributed by atoms with E-state index >= 15 is 0 Å². The summed E-state index contributed by atoms with van der Waals surface area (Å²) in [6.45, 7) is 0. The summed E-state index contributed by atoms with van der Waals surface area (Å²) in [5, 5.41) is 13.5. The molecule has 174 valence electrons. The summed E-state index contributed by atoms with van der Waals surface area (Å²) in [7, 11) is 3.18. The molecule has 11 heteroatoms. The maximum absolute atomic E-state index is 12.7. The Labute approximate surface area is 209 Å². The van der Waals surface area contributed by atoms with Crippen molar-refractivity contribution >= 4 is 63.2 Å². The van der Waals surface area contributed by atoms with Gasteiger partial charge in [-0.25, -0.2) is 4.79 Å². The van der Waals surface area contributed by atoms with Crippen molar-refractivity contribution in [3.63, 3.8) is 0 Å². The van der Waals surface area contributed by atoms with Crippen LogP contribution in [0.25, 0.3) is 11.4 Å². The van der Waals surface area contributed by atoms with Gasteiger partial charge in [0.1, 0.15) is 5.00 Å². The molecule has 2 heterocycles. The zero-order chi connectivity index (χ0) is 23.5. The number of halogens is 2. The number of thioether (sulfide) groups is 1. The zero-order valence-electron chi connectivity index (χ0n) is 18.1. The predicted octanol–water partition coefficient (Wildman–Crippen LogP) is 5.64. The van der Waals surface area contributed by atoms with E-state index in [1.165, 1.54) is 30.2 Å². The first-order chi connectivity index (χ1) is 15.9. The lowest BCUT2D eigenvalue weighted by Crippen LogP contribution is -2.16. The summed E-state index contributed by atoms with van der Waals surface area (Å²) in [5.41, 5.74) is 2.22. The SMILES string of the molecule is COC(=O)c1c(NC(=O)CSc2nnc(-c3ccc(Cl)cc3Cl)n2C)sc2c1CCCCC2. The number of carbonyl (C=O) groups is 2. The van der Waals surface area contributed by atoms with Gasteiger partial charge >= 0.3 is 5.97 Å². The second-order valence-corrected chi connectivity index (χ2v) is 10.5. The van der Waals surface area contributed by atoms with E-state index in [0.717, 1.165) is 42.5 Å². The molecule has 0 atom stereocenters. The zero-order valence-corrected chi connectivity index (χ0v) is 21.3. The molecule has 0 unspecified atom stereocenters. The predicted molar refractivity (Wildman–Crippen MR) is 133 cm³/mol. The number of amides is 1. The summed E-state index contributed by atoms with van der Waals surface area (Å²) in [4.78, 5) is 26.4. The molecule has 1 aromatic carbocycles. The van der Waals surface area contributed by atoms with Gasteiger partial charge < -0.3 is 14.6 Å². The molecule has 33 heavy (non-hydrogen) atoms. The highest BCUT2D eigenvalue weighted by Crippen LogP contribution is 2.38. The highest BCUT2D eigenvalue weighted by molar-refractivity contribution is 7.99. The second-order valence-electron chi connectivity index (χ2n) is 7.59. The summed E-state index contributed by atoms with van der Waals surface area (Å²) < 4.78 is 6.78. The fourth-order valence-electron chi connectivity index (χ4n) is 3.79. The van der Waals surface area contributed by atoms with Gasteiger partial charge in [0.15, 0.2) is 11.0 Å². The molecule has 0 fully saturated rings. The lowest BCUT2D eigenvalue weighted by atomic mass is 10.1. The number of benzene rings is 1. The number of aryl methyl sites for hydroxylation is 1. The standard InChI is InChI=1S/C22H22Cl2N4O3S2/c1-28-19(13-9-8-12(23)10-15(13)24)26-27-22(28)32-11-17(29)25-20-18(21(30)31-2)14-6-4-3-5-7-16(14)33-20/h8-10H,3-7,11H2,1-2H3,(H,25,29). The Hall–Kier alpha value is -2.07. The normalized spacial score (nSPS) is 13.3. The minimum absolute atomic E-state index is 0.115. The maximum Gasteiger partial charge on any atom is 0.341 e. The van der Waals surface area contributed by atoms with E-state index in [2.05, 4.69) is 15.5 Å². The summed E-state index contributed by atoms with van der Waals surface area (Å²) >= 11 is 15.0. The number of methoxy groups -OCH3 is 1. The van der Waals surface area contributed by atoms with Gasteiger partial charge in [-0.05, 0) is 49.4 Å². The summed E-state index contributed by atoms with van der Waals surface area (Å²) in [6.07, 6.45) is 5.01. The van der Waals surface area contributed by atoms with Crippen molar-refractivity contribution < 1.29 is 14.3 Å². The first-order valence-electron chi connectivity index (χ1n) is 10.4. The number of hydrogen-bond acceptors (Lipinski definition) is 7. The molecule has 0 saturated heterocycles. The first-order valence-corrected chi connectivity index (χ1v) is 12.9. The molecular formula is C22H22Cl2N4O3S2. The van der Waals surface area contributed by atoms with E-state index in [1.54, 1.807) is 22.8 Å². The number of nitrogens with one attached hydrogen (secondary N) is 1. The quantitative estimate of drug-likeness (QED) is 0.255. The van der Waals surface area contributed by atoms with E-state index in [9.17, 15) is 9.59 Å². The number of aromatic nitrogens is 3. The number of fused-ring (bicyclic) bond motifs is 1. The van der Waals surface area contributed by atoms with Crippen LogP contribution in [0.5, 0.6) is 0 Å². The van der Waals surface area contributed by atoms with E-state index in [-0.39, 0.29) is 11.7 Å². The van der Waals surface area contributed by atoms with Crippen molar-refractivity contribution in [1.29, 1.82) is 0 Å². The van der Waals surface area contributed by atoms with Crippen LogP contribution < -0.4 is 5.32 Å². The van der Waals surface area contributed by atoms with Crippen molar-refractivity contribution in [3.8, 4) is 11.4 Å². The minimum Gasteiger partial charge on any atom is -0.465 e. The molecule has 1 N–H and O–H groups in total. The van der Waals surface area contributed by atoms with Crippen LogP contribution in [-0.2, 0) is 29.4 Å². The van der Waals surface area contributed by atoms with Gasteiger partial charge in [0.25, 0.3) is 0 Å². The average Bonchev–Trinajstić information content (AvgIpc) is 3.22. The molecule has 3 aromatic rings. The molecule has 2 aromatic heterocycles. The molecule has 1 aliphatic rings. The Morgan fingerprint density at radius 2 is 2.00 bits per heavy atom. The number of esters is 1. The van der Waals surface area contributed by atoms with Crippen molar-refractivity contribution in [2.24, 2.45) is 7.05 Å². The molecule has 4 rings (SSSR count). The van der Waals surface area contributed by atoms with Crippen LogP contribution in [0.3, 0.4) is 0 Å². The van der Waals surface area contributed by atoms with Gasteiger partial charge in [0.2, 0.25) is 5.91 Å². The van der Waals surface area contributed by atoms with E-state index < -0.39 is 5.97 Å². The van der Waals surface area contributed by atoms with E-state index in [0.29, 0.717) is 37.2 Å². The number of ether oxygens (including phenoxy) is 1. The number of rotatable bonds is 6. The highest BCUT2D eigenvalue weighted by atomic mass is 35.5. The average molecular weight is 525 g/mol. The number of thiophene rings is 1. The lowest BCUT2D eigenvalue weighted by molar-refractivity contribution is -0.113. The largest absolute Gasteiger partial charge is 0.465 e. The van der Waals surface area contributed by atoms with Crippen molar-refractivity contribution in [2.45, 2.75) is 37.3 Å². The first kappa shape index (κ1) is 24.1. The Bertz CT molecular complexity index is 1210. The summed E-state index contributed by atoms with van der Waals surface area (Å²) in [5.74, 6) is 0.0593. The van der Waals surface area contributed by atoms with Crippen LogP contribution in [-0.4, -0.2) is 39.5 Å². The number of anilines is 1. The lowest BCUT2D eigenvalue weighted by Gasteiger charge is -2.08. The number of hydrogen-bond donors (Lipinski definition) is 1. The molecule has 0 radical (unpaired) electrons. The smallest absolute Gasteiger partial charge is 0.341 e. The number of carbonyl (C=O) groups excluding carboxylic acids is 2. The third-order valence-electron chi connectivity index (χ3n) is 5.40. The monoisotopic (exact) mass is 524 g/mol. The van der Waals surface area contributed by atoms with Crippen LogP contribution in [0.4, 0.5) is 5.00 Å². The fraction of sp³-hybridized carbons (Fsp3) is 0.364. The van der Waals surface area contributed by atoms with Gasteiger partial charge in [-0.15, -0.1) is 21.5 Å². The molecule has 0 saturated carbocycles. The van der Waals surface area contributed by atoms with Crippen molar-refractivity contribution in [1.82, 2.24) is 14.8 Å². The van der Waals surface area contributed by atoms with Gasteiger partial charge in [-0.2, -0.15) is 0 Å². The van der Waals surface area contributed by atoms with Gasteiger partial charge in [0.05, 0.1) is 23.4 Å². The highest BCUT2D eigenvalue weighted by Gasteiger charge is 2.26. The number of nitrogens with zero attached hydrogens (tertiary/aromatic N) is 3. The molecule has 0 spiro atoms. The van der Waals surface area contributed by atoms with Crippen LogP contribution >= 0.6 is 46.3 Å². The van der Waals surface area contributed by atoms with Gasteiger partial charge in [-0.3, -0.25) is 4.79 Å². The molecule has 7 nitrogen and oxygen atoms in total.